The Balaban J connectivity index is 1.94. The summed E-state index contributed by atoms with van der Waals surface area (Å²) in [6.45, 7) is 2.47. The van der Waals surface area contributed by atoms with E-state index in [-0.39, 0.29) is 17.3 Å². The molecule has 1 fully saturated rings. The lowest BCUT2D eigenvalue weighted by Gasteiger charge is -2.25. The highest BCUT2D eigenvalue weighted by Crippen LogP contribution is 2.28. The molecule has 1 atom stereocenters. The van der Waals surface area contributed by atoms with Crippen LogP contribution in [-0.4, -0.2) is 49.1 Å². The van der Waals surface area contributed by atoms with Crippen molar-refractivity contribution in [1.29, 1.82) is 0 Å². The fraction of sp³-hybridized carbons (Fsp3) is 0.600. The summed E-state index contributed by atoms with van der Waals surface area (Å²) in [7, 11) is -3.00. The monoisotopic (exact) mass is 315 g/mol. The highest BCUT2D eigenvalue weighted by Gasteiger charge is 2.31. The third-order valence-electron chi connectivity index (χ3n) is 3.85. The Morgan fingerprint density at radius 1 is 1.33 bits per heavy atom. The Bertz CT molecular complexity index is 555. The molecule has 0 bridgehead atoms. The molecule has 1 aliphatic carbocycles. The number of nitrogens with zero attached hydrogens (tertiary/aromatic N) is 1. The summed E-state index contributed by atoms with van der Waals surface area (Å²) in [5, 5.41) is 10.2. The maximum absolute atomic E-state index is 12.9. The van der Waals surface area contributed by atoms with E-state index in [9.17, 15) is 17.9 Å². The van der Waals surface area contributed by atoms with E-state index >= 15 is 0 Å². The second kappa shape index (κ2) is 6.85. The number of sulfone groups is 1. The van der Waals surface area contributed by atoms with Gasteiger partial charge < -0.3 is 5.11 Å². The molecule has 0 spiro atoms. The third-order valence-corrected chi connectivity index (χ3v) is 5.54. The van der Waals surface area contributed by atoms with Gasteiger partial charge in [-0.15, -0.1) is 0 Å². The Hall–Kier alpha value is -0.980. The van der Waals surface area contributed by atoms with Crippen molar-refractivity contribution < 1.29 is 17.9 Å². The van der Waals surface area contributed by atoms with Gasteiger partial charge in [0.15, 0.2) is 9.84 Å². The summed E-state index contributed by atoms with van der Waals surface area (Å²) in [5.41, 5.74) is 0.653. The second-order valence-electron chi connectivity index (χ2n) is 5.53. The van der Waals surface area contributed by atoms with E-state index in [1.54, 1.807) is 19.1 Å². The predicted octanol–water partition coefficient (Wildman–Crippen LogP) is 1.76. The highest BCUT2D eigenvalue weighted by molar-refractivity contribution is 7.91. The number of aliphatic hydroxyl groups is 1. The molecule has 0 saturated heterocycles. The van der Waals surface area contributed by atoms with Crippen molar-refractivity contribution in [3.8, 4) is 0 Å². The van der Waals surface area contributed by atoms with Gasteiger partial charge in [-0.25, -0.2) is 12.8 Å². The zero-order valence-electron chi connectivity index (χ0n) is 12.2. The first-order valence-electron chi connectivity index (χ1n) is 7.29. The highest BCUT2D eigenvalue weighted by atomic mass is 32.2. The van der Waals surface area contributed by atoms with E-state index in [1.807, 2.05) is 4.90 Å². The average molecular weight is 315 g/mol. The first-order chi connectivity index (χ1) is 9.91. The van der Waals surface area contributed by atoms with Crippen molar-refractivity contribution in [2.45, 2.75) is 31.9 Å². The topological polar surface area (TPSA) is 57.6 Å². The van der Waals surface area contributed by atoms with Gasteiger partial charge in [0.05, 0.1) is 11.9 Å². The van der Waals surface area contributed by atoms with Crippen LogP contribution in [-0.2, 0) is 9.84 Å². The van der Waals surface area contributed by atoms with Gasteiger partial charge in [0, 0.05) is 24.9 Å². The third kappa shape index (κ3) is 5.05. The number of benzene rings is 1. The fourth-order valence-electron chi connectivity index (χ4n) is 2.28. The number of aliphatic hydroxyl groups excluding tert-OH is 1. The van der Waals surface area contributed by atoms with Gasteiger partial charge in [0.2, 0.25) is 0 Å². The lowest BCUT2D eigenvalue weighted by atomic mass is 10.1. The molecule has 1 N–H and O–H groups in total. The summed E-state index contributed by atoms with van der Waals surface area (Å²) >= 11 is 0. The maximum Gasteiger partial charge on any atom is 0.151 e. The van der Waals surface area contributed by atoms with Crippen LogP contribution in [0.4, 0.5) is 4.39 Å². The molecule has 118 valence electrons. The largest absolute Gasteiger partial charge is 0.387 e. The molecule has 1 aromatic rings. The molecule has 1 saturated carbocycles. The normalized spacial score (nSPS) is 17.1. The molecular formula is C15H22FNO3S. The minimum atomic E-state index is -3.00. The van der Waals surface area contributed by atoms with Gasteiger partial charge in [-0.05, 0) is 30.5 Å². The van der Waals surface area contributed by atoms with Crippen molar-refractivity contribution in [3.63, 3.8) is 0 Å². The molecule has 0 aliphatic heterocycles. The summed E-state index contributed by atoms with van der Waals surface area (Å²) in [6.07, 6.45) is 1.36. The Kier molecular flexibility index (Phi) is 5.35. The van der Waals surface area contributed by atoms with E-state index in [4.69, 9.17) is 0 Å². The van der Waals surface area contributed by atoms with E-state index in [0.717, 1.165) is 12.8 Å². The molecule has 0 heterocycles. The fourth-order valence-corrected chi connectivity index (χ4v) is 3.08. The van der Waals surface area contributed by atoms with Crippen molar-refractivity contribution in [1.82, 2.24) is 4.90 Å². The van der Waals surface area contributed by atoms with E-state index < -0.39 is 15.9 Å². The van der Waals surface area contributed by atoms with E-state index in [1.165, 1.54) is 12.1 Å². The summed E-state index contributed by atoms with van der Waals surface area (Å²) in [5.74, 6) is -0.0682. The average Bonchev–Trinajstić information content (AvgIpc) is 3.28. The number of halogens is 1. The first kappa shape index (κ1) is 16.4. The Morgan fingerprint density at radius 2 is 1.95 bits per heavy atom. The van der Waals surface area contributed by atoms with Crippen molar-refractivity contribution in [3.05, 3.63) is 35.6 Å². The minimum absolute atomic E-state index is 0.121. The van der Waals surface area contributed by atoms with Gasteiger partial charge in [-0.3, -0.25) is 4.90 Å². The SMILES string of the molecule is CCS(=O)(=O)CCN(CC(O)c1ccc(F)cc1)C1CC1. The Morgan fingerprint density at radius 3 is 2.48 bits per heavy atom. The number of hydrogen-bond donors (Lipinski definition) is 1. The Labute approximate surface area is 125 Å². The first-order valence-corrected chi connectivity index (χ1v) is 9.11. The molecule has 0 radical (unpaired) electrons. The lowest BCUT2D eigenvalue weighted by Crippen LogP contribution is -2.35. The summed E-state index contributed by atoms with van der Waals surface area (Å²) < 4.78 is 36.1. The lowest BCUT2D eigenvalue weighted by molar-refractivity contribution is 0.112. The van der Waals surface area contributed by atoms with Crippen LogP contribution in [0, 0.1) is 5.82 Å². The van der Waals surface area contributed by atoms with Crippen molar-refractivity contribution in [2.75, 3.05) is 24.6 Å². The molecule has 21 heavy (non-hydrogen) atoms. The number of hydrogen-bond acceptors (Lipinski definition) is 4. The quantitative estimate of drug-likeness (QED) is 0.794. The molecule has 1 unspecified atom stereocenters. The van der Waals surface area contributed by atoms with Crippen LogP contribution in [0.3, 0.4) is 0 Å². The molecule has 1 aliphatic rings. The second-order valence-corrected chi connectivity index (χ2v) is 8.00. The smallest absolute Gasteiger partial charge is 0.151 e. The minimum Gasteiger partial charge on any atom is -0.387 e. The van der Waals surface area contributed by atoms with Gasteiger partial charge in [0.1, 0.15) is 5.82 Å². The van der Waals surface area contributed by atoms with Crippen molar-refractivity contribution in [2.24, 2.45) is 0 Å². The standard InChI is InChI=1S/C15H22FNO3S/c1-2-21(19,20)10-9-17(14-7-8-14)11-15(18)12-3-5-13(16)6-4-12/h3-6,14-15,18H,2,7-11H2,1H3. The van der Waals surface area contributed by atoms with Crippen LogP contribution in [0.25, 0.3) is 0 Å². The molecule has 2 rings (SSSR count). The van der Waals surface area contributed by atoms with Crippen LogP contribution in [0.2, 0.25) is 0 Å². The zero-order valence-corrected chi connectivity index (χ0v) is 13.0. The van der Waals surface area contributed by atoms with Crippen LogP contribution in [0.5, 0.6) is 0 Å². The summed E-state index contributed by atoms with van der Waals surface area (Å²) in [6, 6.07) is 6.14. The van der Waals surface area contributed by atoms with Crippen LogP contribution in [0.1, 0.15) is 31.4 Å². The zero-order chi connectivity index (χ0) is 15.5. The molecule has 0 amide bonds. The maximum atomic E-state index is 12.9. The molecule has 1 aromatic carbocycles. The van der Waals surface area contributed by atoms with E-state index in [0.29, 0.717) is 24.7 Å². The molecule has 4 nitrogen and oxygen atoms in total. The number of rotatable bonds is 8. The molecule has 6 heteroatoms. The van der Waals surface area contributed by atoms with Gasteiger partial charge in [-0.2, -0.15) is 0 Å². The van der Waals surface area contributed by atoms with Crippen LogP contribution < -0.4 is 0 Å². The predicted molar refractivity (Wildman–Crippen MR) is 80.3 cm³/mol. The van der Waals surface area contributed by atoms with E-state index in [2.05, 4.69) is 0 Å². The summed E-state index contributed by atoms with van der Waals surface area (Å²) in [4.78, 5) is 2.03. The van der Waals surface area contributed by atoms with Crippen molar-refractivity contribution >= 4 is 9.84 Å². The van der Waals surface area contributed by atoms with Crippen LogP contribution in [0.15, 0.2) is 24.3 Å². The van der Waals surface area contributed by atoms with Gasteiger partial charge >= 0.3 is 0 Å². The molecule has 0 aromatic heterocycles. The molecular weight excluding hydrogens is 293 g/mol. The van der Waals surface area contributed by atoms with Gasteiger partial charge in [-0.1, -0.05) is 19.1 Å². The van der Waals surface area contributed by atoms with Gasteiger partial charge in [0.25, 0.3) is 0 Å². The van der Waals surface area contributed by atoms with Crippen LogP contribution >= 0.6 is 0 Å².